The van der Waals surface area contributed by atoms with Gasteiger partial charge in [0.2, 0.25) is 0 Å². The van der Waals surface area contributed by atoms with Gasteiger partial charge in [-0.2, -0.15) is 0 Å². The highest BCUT2D eigenvalue weighted by Crippen LogP contribution is 2.43. The molecule has 7 heteroatoms. The standard InChI is InChI=1S/C28H50O5Si2/c1-13-14-23(29)19-21(2)31-26(30)18-16-22-15-17-24(32-34(9,10)27(3,4)5)25(20-22)33-35(11,12)28(6,7)8/h13,15,17,20-21,23,29H,1,14,16,18-19H2,2-12H3/t21-,23+/m1/s1. The molecule has 200 valence electrons. The molecule has 1 rings (SSSR count). The molecule has 0 bridgehead atoms. The van der Waals surface area contributed by atoms with Crippen LogP contribution in [0.4, 0.5) is 0 Å². The van der Waals surface area contributed by atoms with E-state index in [1.54, 1.807) is 6.08 Å². The number of ether oxygens (including phenoxy) is 1. The molecule has 35 heavy (non-hydrogen) atoms. The Morgan fingerprint density at radius 2 is 1.51 bits per heavy atom. The summed E-state index contributed by atoms with van der Waals surface area (Å²) in [5.74, 6) is 1.29. The third kappa shape index (κ3) is 9.77. The number of aryl methyl sites for hydroxylation is 1. The molecule has 0 fully saturated rings. The van der Waals surface area contributed by atoms with E-state index in [4.69, 9.17) is 13.6 Å². The number of carbonyl (C=O) groups excluding carboxylic acids is 1. The van der Waals surface area contributed by atoms with Gasteiger partial charge in [-0.1, -0.05) is 53.7 Å². The van der Waals surface area contributed by atoms with Crippen LogP contribution in [-0.2, 0) is 16.0 Å². The zero-order valence-corrected chi connectivity index (χ0v) is 26.1. The van der Waals surface area contributed by atoms with E-state index in [1.165, 1.54) is 0 Å². The number of rotatable bonds is 12. The van der Waals surface area contributed by atoms with Gasteiger partial charge in [0.25, 0.3) is 16.6 Å². The zero-order chi connectivity index (χ0) is 27.2. The van der Waals surface area contributed by atoms with E-state index >= 15 is 0 Å². The van der Waals surface area contributed by atoms with E-state index in [2.05, 4.69) is 74.3 Å². The Morgan fingerprint density at radius 3 is 2.00 bits per heavy atom. The maximum Gasteiger partial charge on any atom is 0.306 e. The molecular formula is C28H50O5Si2. The van der Waals surface area contributed by atoms with Gasteiger partial charge in [0.05, 0.1) is 6.10 Å². The first-order valence-electron chi connectivity index (χ1n) is 12.8. The molecule has 0 spiro atoms. The van der Waals surface area contributed by atoms with Crippen LogP contribution >= 0.6 is 0 Å². The first kappa shape index (κ1) is 31.5. The van der Waals surface area contributed by atoms with Crippen molar-refractivity contribution in [3.63, 3.8) is 0 Å². The third-order valence-electron chi connectivity index (χ3n) is 7.34. The number of aliphatic hydroxyl groups is 1. The highest BCUT2D eigenvalue weighted by atomic mass is 28.4. The Bertz CT molecular complexity index is 850. The summed E-state index contributed by atoms with van der Waals surface area (Å²) in [6, 6.07) is 6.05. The molecule has 5 nitrogen and oxygen atoms in total. The second kappa shape index (κ2) is 12.1. The fourth-order valence-electron chi connectivity index (χ4n) is 2.98. The van der Waals surface area contributed by atoms with E-state index < -0.39 is 22.7 Å². The molecule has 0 aliphatic carbocycles. The minimum absolute atomic E-state index is 0.0490. The van der Waals surface area contributed by atoms with E-state index in [9.17, 15) is 9.90 Å². The molecule has 0 aromatic heterocycles. The smallest absolute Gasteiger partial charge is 0.306 e. The van der Waals surface area contributed by atoms with Crippen molar-refractivity contribution in [2.75, 3.05) is 0 Å². The van der Waals surface area contributed by atoms with Crippen molar-refractivity contribution < 1.29 is 23.5 Å². The number of hydrogen-bond acceptors (Lipinski definition) is 5. The van der Waals surface area contributed by atoms with Crippen LogP contribution in [0.1, 0.15) is 73.3 Å². The molecular weight excluding hydrogens is 472 g/mol. The Hall–Kier alpha value is -1.58. The Kier molecular flexibility index (Phi) is 10.9. The van der Waals surface area contributed by atoms with Crippen LogP contribution in [0.15, 0.2) is 30.9 Å². The van der Waals surface area contributed by atoms with Crippen LogP contribution in [-0.4, -0.2) is 39.9 Å². The van der Waals surface area contributed by atoms with Gasteiger partial charge in [0, 0.05) is 12.8 Å². The first-order chi connectivity index (χ1) is 15.8. The Balaban J connectivity index is 3.06. The minimum atomic E-state index is -2.10. The van der Waals surface area contributed by atoms with Gasteiger partial charge in [-0.05, 0) is 73.7 Å². The average molecular weight is 523 g/mol. The second-order valence-electron chi connectivity index (χ2n) is 12.7. The summed E-state index contributed by atoms with van der Waals surface area (Å²) in [6.07, 6.45) is 2.50. The molecule has 0 unspecified atom stereocenters. The van der Waals surface area contributed by atoms with Crippen LogP contribution in [0.5, 0.6) is 11.5 Å². The van der Waals surface area contributed by atoms with Crippen molar-refractivity contribution in [1.82, 2.24) is 0 Å². The fourth-order valence-corrected chi connectivity index (χ4v) is 5.02. The second-order valence-corrected chi connectivity index (χ2v) is 22.2. The van der Waals surface area contributed by atoms with Crippen molar-refractivity contribution in [1.29, 1.82) is 0 Å². The van der Waals surface area contributed by atoms with E-state index in [0.29, 0.717) is 19.3 Å². The van der Waals surface area contributed by atoms with Crippen molar-refractivity contribution in [2.24, 2.45) is 0 Å². The van der Waals surface area contributed by atoms with Gasteiger partial charge in [0.1, 0.15) is 17.6 Å². The number of carbonyl (C=O) groups is 1. The van der Waals surface area contributed by atoms with Crippen molar-refractivity contribution >= 4 is 22.6 Å². The molecule has 0 radical (unpaired) electrons. The van der Waals surface area contributed by atoms with Crippen LogP contribution in [0, 0.1) is 0 Å². The van der Waals surface area contributed by atoms with E-state index in [1.807, 2.05) is 25.1 Å². The molecule has 0 aliphatic rings. The van der Waals surface area contributed by atoms with Crippen LogP contribution in [0.3, 0.4) is 0 Å². The highest BCUT2D eigenvalue weighted by molar-refractivity contribution is 6.75. The number of hydrogen-bond donors (Lipinski definition) is 1. The zero-order valence-electron chi connectivity index (χ0n) is 24.1. The molecule has 1 aromatic carbocycles. The normalized spacial score (nSPS) is 14.7. The molecule has 0 saturated heterocycles. The van der Waals surface area contributed by atoms with Gasteiger partial charge >= 0.3 is 5.97 Å². The van der Waals surface area contributed by atoms with Crippen molar-refractivity contribution in [3.8, 4) is 11.5 Å². The topological polar surface area (TPSA) is 65.0 Å². The van der Waals surface area contributed by atoms with E-state index in [-0.39, 0.29) is 28.6 Å². The molecule has 0 amide bonds. The highest BCUT2D eigenvalue weighted by Gasteiger charge is 2.42. The summed E-state index contributed by atoms with van der Waals surface area (Å²) in [5, 5.41) is 10.0. The van der Waals surface area contributed by atoms with Crippen molar-refractivity contribution in [2.45, 2.75) is 123 Å². The van der Waals surface area contributed by atoms with Gasteiger partial charge < -0.3 is 18.7 Å². The van der Waals surface area contributed by atoms with Gasteiger partial charge in [-0.3, -0.25) is 4.79 Å². The maximum absolute atomic E-state index is 12.4. The summed E-state index contributed by atoms with van der Waals surface area (Å²) in [4.78, 5) is 12.4. The SMILES string of the molecule is C=CC[C@H](O)C[C@@H](C)OC(=O)CCc1ccc(O[Si](C)(C)C(C)(C)C)c(O[Si](C)(C)C(C)(C)C)c1. The average Bonchev–Trinajstić information content (AvgIpc) is 2.66. The monoisotopic (exact) mass is 522 g/mol. The molecule has 1 aromatic rings. The van der Waals surface area contributed by atoms with Crippen LogP contribution < -0.4 is 8.85 Å². The number of esters is 1. The predicted octanol–water partition coefficient (Wildman–Crippen LogP) is 7.65. The largest absolute Gasteiger partial charge is 0.541 e. The lowest BCUT2D eigenvalue weighted by atomic mass is 10.1. The third-order valence-corrected chi connectivity index (χ3v) is 16.0. The fraction of sp³-hybridized carbons (Fsp3) is 0.679. The molecule has 0 saturated carbocycles. The van der Waals surface area contributed by atoms with Gasteiger partial charge in [0.15, 0.2) is 0 Å². The lowest BCUT2D eigenvalue weighted by Gasteiger charge is -2.39. The van der Waals surface area contributed by atoms with Gasteiger partial charge in [-0.25, -0.2) is 0 Å². The lowest BCUT2D eigenvalue weighted by molar-refractivity contribution is -0.149. The first-order valence-corrected chi connectivity index (χ1v) is 18.6. The summed E-state index contributed by atoms with van der Waals surface area (Å²) in [6.45, 7) is 27.7. The molecule has 2 atom stereocenters. The van der Waals surface area contributed by atoms with E-state index in [0.717, 1.165) is 17.1 Å². The minimum Gasteiger partial charge on any atom is -0.541 e. The van der Waals surface area contributed by atoms with Crippen molar-refractivity contribution in [3.05, 3.63) is 36.4 Å². The quantitative estimate of drug-likeness (QED) is 0.173. The number of benzene rings is 1. The van der Waals surface area contributed by atoms with Crippen LogP contribution in [0.2, 0.25) is 36.3 Å². The summed E-state index contributed by atoms with van der Waals surface area (Å²) < 4.78 is 18.9. The lowest BCUT2D eigenvalue weighted by Crippen LogP contribution is -2.45. The van der Waals surface area contributed by atoms with Crippen LogP contribution in [0.25, 0.3) is 0 Å². The molecule has 0 aliphatic heterocycles. The Morgan fingerprint density at radius 1 is 1.00 bits per heavy atom. The summed E-state index contributed by atoms with van der Waals surface area (Å²) in [7, 11) is -4.15. The predicted molar refractivity (Wildman–Crippen MR) is 151 cm³/mol. The molecule has 0 heterocycles. The summed E-state index contributed by atoms with van der Waals surface area (Å²) >= 11 is 0. The summed E-state index contributed by atoms with van der Waals surface area (Å²) in [5.41, 5.74) is 1.01. The maximum atomic E-state index is 12.4. The molecule has 1 N–H and O–H groups in total. The Labute approximate surface area is 216 Å². The number of aliphatic hydroxyl groups excluding tert-OH is 1. The van der Waals surface area contributed by atoms with Gasteiger partial charge in [-0.15, -0.1) is 6.58 Å².